The monoisotopic (exact) mass is 195 g/mol. The van der Waals surface area contributed by atoms with E-state index in [1.807, 2.05) is 13.8 Å². The Labute approximate surface area is 84.2 Å². The zero-order valence-electron chi connectivity index (χ0n) is 8.89. The summed E-state index contributed by atoms with van der Waals surface area (Å²) in [6.07, 6.45) is 1.58. The summed E-state index contributed by atoms with van der Waals surface area (Å²) >= 11 is 0. The van der Waals surface area contributed by atoms with Gasteiger partial charge in [0, 0.05) is 0 Å². The number of hydrogen-bond acceptors (Lipinski definition) is 3. The molecule has 0 fully saturated rings. The van der Waals surface area contributed by atoms with E-state index in [2.05, 4.69) is 0 Å². The molecule has 0 saturated carbocycles. The fourth-order valence-corrected chi connectivity index (χ4v) is 1.86. The first-order chi connectivity index (χ1) is 6.54. The Bertz CT molecular complexity index is 324. The van der Waals surface area contributed by atoms with Crippen LogP contribution in [0.4, 0.5) is 5.69 Å². The Morgan fingerprint density at radius 1 is 1.00 bits per heavy atom. The highest BCUT2D eigenvalue weighted by atomic mass is 16.3. The molecule has 0 aromatic heterocycles. The molecule has 0 aliphatic carbocycles. The van der Waals surface area contributed by atoms with Gasteiger partial charge in [0.05, 0.1) is 5.69 Å². The molecule has 0 spiro atoms. The largest absolute Gasteiger partial charge is 0.504 e. The van der Waals surface area contributed by atoms with Crippen LogP contribution in [-0.4, -0.2) is 10.2 Å². The SMILES string of the molecule is CCc1c(C)c(O)c(O)c(N)c1CC. The molecule has 14 heavy (non-hydrogen) atoms. The van der Waals surface area contributed by atoms with Crippen molar-refractivity contribution in [1.29, 1.82) is 0 Å². The lowest BCUT2D eigenvalue weighted by Gasteiger charge is -2.16. The van der Waals surface area contributed by atoms with Gasteiger partial charge in [0.25, 0.3) is 0 Å². The summed E-state index contributed by atoms with van der Waals surface area (Å²) in [6.45, 7) is 5.80. The molecule has 0 saturated heterocycles. The van der Waals surface area contributed by atoms with E-state index in [9.17, 15) is 10.2 Å². The van der Waals surface area contributed by atoms with Crippen LogP contribution in [0.3, 0.4) is 0 Å². The van der Waals surface area contributed by atoms with Crippen molar-refractivity contribution < 1.29 is 10.2 Å². The predicted octanol–water partition coefficient (Wildman–Crippen LogP) is 2.11. The van der Waals surface area contributed by atoms with Crippen molar-refractivity contribution in [3.05, 3.63) is 16.7 Å². The molecule has 1 aromatic rings. The molecule has 1 aromatic carbocycles. The van der Waals surface area contributed by atoms with Gasteiger partial charge in [0.2, 0.25) is 0 Å². The van der Waals surface area contributed by atoms with Gasteiger partial charge in [-0.15, -0.1) is 0 Å². The second-order valence-electron chi connectivity index (χ2n) is 3.40. The topological polar surface area (TPSA) is 66.5 Å². The molecule has 3 heteroatoms. The standard InChI is InChI=1S/C11H17NO2/c1-4-7-6(3)10(13)11(14)9(12)8(7)5-2/h13-14H,4-5,12H2,1-3H3. The summed E-state index contributed by atoms with van der Waals surface area (Å²) in [7, 11) is 0. The van der Waals surface area contributed by atoms with Crippen LogP contribution in [0.25, 0.3) is 0 Å². The Morgan fingerprint density at radius 2 is 1.50 bits per heavy atom. The highest BCUT2D eigenvalue weighted by Crippen LogP contribution is 2.40. The average Bonchev–Trinajstić information content (AvgIpc) is 2.20. The lowest BCUT2D eigenvalue weighted by atomic mass is 9.95. The third-order valence-corrected chi connectivity index (χ3v) is 2.68. The molecule has 0 bridgehead atoms. The average molecular weight is 195 g/mol. The van der Waals surface area contributed by atoms with Gasteiger partial charge in [-0.2, -0.15) is 0 Å². The predicted molar refractivity (Wildman–Crippen MR) is 57.7 cm³/mol. The fourth-order valence-electron chi connectivity index (χ4n) is 1.86. The van der Waals surface area contributed by atoms with Crippen molar-refractivity contribution in [3.8, 4) is 11.5 Å². The number of hydrogen-bond donors (Lipinski definition) is 3. The molecule has 0 aliphatic rings. The zero-order chi connectivity index (χ0) is 10.9. The van der Waals surface area contributed by atoms with Crippen LogP contribution in [0.15, 0.2) is 0 Å². The number of nitrogens with two attached hydrogens (primary N) is 1. The van der Waals surface area contributed by atoms with Crippen LogP contribution in [0, 0.1) is 6.92 Å². The van der Waals surface area contributed by atoms with E-state index in [0.29, 0.717) is 5.69 Å². The van der Waals surface area contributed by atoms with E-state index >= 15 is 0 Å². The van der Waals surface area contributed by atoms with Gasteiger partial charge in [-0.05, 0) is 36.5 Å². The minimum atomic E-state index is -0.184. The number of anilines is 1. The van der Waals surface area contributed by atoms with Crippen LogP contribution in [-0.2, 0) is 12.8 Å². The summed E-state index contributed by atoms with van der Waals surface area (Å²) in [6, 6.07) is 0. The van der Waals surface area contributed by atoms with Gasteiger partial charge in [-0.25, -0.2) is 0 Å². The highest BCUT2D eigenvalue weighted by Gasteiger charge is 2.16. The fraction of sp³-hybridized carbons (Fsp3) is 0.455. The van der Waals surface area contributed by atoms with Gasteiger partial charge >= 0.3 is 0 Å². The van der Waals surface area contributed by atoms with Crippen LogP contribution in [0.1, 0.15) is 30.5 Å². The van der Waals surface area contributed by atoms with Crippen LogP contribution in [0.2, 0.25) is 0 Å². The van der Waals surface area contributed by atoms with Crippen molar-refractivity contribution >= 4 is 5.69 Å². The van der Waals surface area contributed by atoms with E-state index < -0.39 is 0 Å². The smallest absolute Gasteiger partial charge is 0.181 e. The molecule has 0 heterocycles. The first-order valence-electron chi connectivity index (χ1n) is 4.86. The van der Waals surface area contributed by atoms with Gasteiger partial charge in [0.15, 0.2) is 11.5 Å². The van der Waals surface area contributed by atoms with Crippen LogP contribution < -0.4 is 5.73 Å². The van der Waals surface area contributed by atoms with Crippen molar-refractivity contribution in [1.82, 2.24) is 0 Å². The number of nitrogen functional groups attached to an aromatic ring is 1. The Morgan fingerprint density at radius 3 is 1.93 bits per heavy atom. The number of benzene rings is 1. The maximum atomic E-state index is 9.59. The molecule has 1 rings (SSSR count). The van der Waals surface area contributed by atoms with Crippen molar-refractivity contribution in [2.75, 3.05) is 5.73 Å². The minimum Gasteiger partial charge on any atom is -0.504 e. The minimum absolute atomic E-state index is 0.0865. The molecule has 3 nitrogen and oxygen atoms in total. The van der Waals surface area contributed by atoms with E-state index in [4.69, 9.17) is 5.73 Å². The quantitative estimate of drug-likeness (QED) is 0.500. The molecule has 0 radical (unpaired) electrons. The summed E-state index contributed by atoms with van der Waals surface area (Å²) in [5.74, 6) is -0.270. The molecule has 0 atom stereocenters. The normalized spacial score (nSPS) is 10.5. The summed E-state index contributed by atoms with van der Waals surface area (Å²) in [5.41, 5.74) is 8.76. The maximum absolute atomic E-state index is 9.59. The van der Waals surface area contributed by atoms with E-state index in [-0.39, 0.29) is 11.5 Å². The third-order valence-electron chi connectivity index (χ3n) is 2.68. The van der Waals surface area contributed by atoms with Gasteiger partial charge in [-0.1, -0.05) is 13.8 Å². The van der Waals surface area contributed by atoms with Crippen LogP contribution >= 0.6 is 0 Å². The van der Waals surface area contributed by atoms with Crippen LogP contribution in [0.5, 0.6) is 11.5 Å². The van der Waals surface area contributed by atoms with E-state index in [0.717, 1.165) is 29.5 Å². The second-order valence-corrected chi connectivity index (χ2v) is 3.40. The maximum Gasteiger partial charge on any atom is 0.181 e. The number of aromatic hydroxyl groups is 2. The molecule has 0 aliphatic heterocycles. The lowest BCUT2D eigenvalue weighted by molar-refractivity contribution is 0.401. The zero-order valence-corrected chi connectivity index (χ0v) is 8.89. The molecule has 78 valence electrons. The Kier molecular flexibility index (Phi) is 2.89. The van der Waals surface area contributed by atoms with Crippen molar-refractivity contribution in [3.63, 3.8) is 0 Å². The van der Waals surface area contributed by atoms with Gasteiger partial charge in [0.1, 0.15) is 0 Å². The third kappa shape index (κ3) is 1.39. The highest BCUT2D eigenvalue weighted by molar-refractivity contribution is 5.69. The van der Waals surface area contributed by atoms with Crippen molar-refractivity contribution in [2.24, 2.45) is 0 Å². The Balaban J connectivity index is 3.57. The molecule has 0 unspecified atom stereocenters. The number of rotatable bonds is 2. The van der Waals surface area contributed by atoms with Gasteiger partial charge < -0.3 is 15.9 Å². The number of phenolic OH excluding ortho intramolecular Hbond substituents is 2. The first-order valence-corrected chi connectivity index (χ1v) is 4.86. The second kappa shape index (κ2) is 3.78. The molecule has 4 N–H and O–H groups in total. The number of phenols is 2. The summed E-state index contributed by atoms with van der Waals surface area (Å²) in [5, 5.41) is 19.1. The van der Waals surface area contributed by atoms with E-state index in [1.165, 1.54) is 0 Å². The molecular formula is C11H17NO2. The Hall–Kier alpha value is -1.38. The molecule has 0 amide bonds. The molecular weight excluding hydrogens is 178 g/mol. The van der Waals surface area contributed by atoms with E-state index in [1.54, 1.807) is 6.92 Å². The summed E-state index contributed by atoms with van der Waals surface area (Å²) < 4.78 is 0. The van der Waals surface area contributed by atoms with Gasteiger partial charge in [-0.3, -0.25) is 0 Å². The lowest BCUT2D eigenvalue weighted by Crippen LogP contribution is -2.02. The first kappa shape index (κ1) is 10.7. The summed E-state index contributed by atoms with van der Waals surface area (Å²) in [4.78, 5) is 0. The van der Waals surface area contributed by atoms with Crippen molar-refractivity contribution in [2.45, 2.75) is 33.6 Å².